The Morgan fingerprint density at radius 1 is 0.826 bits per heavy atom. The maximum Gasteiger partial charge on any atom is 0.222 e. The average Bonchev–Trinajstić information content (AvgIpc) is 2.56. The summed E-state index contributed by atoms with van der Waals surface area (Å²) in [6, 6.07) is 22.4. The van der Waals surface area contributed by atoms with Crippen molar-refractivity contribution in [1.29, 1.82) is 0 Å². The molecule has 5 nitrogen and oxygen atoms in total. The maximum atomic E-state index is 5.73. The molecule has 0 amide bonds. The molecule has 0 aliphatic carbocycles. The van der Waals surface area contributed by atoms with Crippen molar-refractivity contribution in [1.82, 2.24) is 15.3 Å². The van der Waals surface area contributed by atoms with Crippen molar-refractivity contribution in [3.63, 3.8) is 0 Å². The van der Waals surface area contributed by atoms with Crippen LogP contribution in [0, 0.1) is 0 Å². The van der Waals surface area contributed by atoms with Gasteiger partial charge in [-0.2, -0.15) is 4.98 Å². The van der Waals surface area contributed by atoms with Crippen LogP contribution in [0.15, 0.2) is 66.7 Å². The fourth-order valence-corrected chi connectivity index (χ4v) is 2.56. The van der Waals surface area contributed by atoms with Crippen molar-refractivity contribution in [2.45, 2.75) is 12.6 Å². The normalized spacial score (nSPS) is 10.8. The molecule has 0 saturated carbocycles. The molecule has 1 aromatic heterocycles. The van der Waals surface area contributed by atoms with E-state index in [0.29, 0.717) is 12.4 Å². The molecule has 0 spiro atoms. The summed E-state index contributed by atoms with van der Waals surface area (Å²) in [6.45, 7) is 0.547. The molecule has 23 heavy (non-hydrogen) atoms. The first kappa shape index (κ1) is 15.0. The fraction of sp³-hybridized carbons (Fsp3) is 0.111. The van der Waals surface area contributed by atoms with Crippen LogP contribution >= 0.6 is 0 Å². The first-order chi connectivity index (χ1) is 11.2. The monoisotopic (exact) mass is 305 g/mol. The van der Waals surface area contributed by atoms with Gasteiger partial charge in [0.05, 0.1) is 11.7 Å². The van der Waals surface area contributed by atoms with Gasteiger partial charge in [-0.1, -0.05) is 60.7 Å². The van der Waals surface area contributed by atoms with Crippen LogP contribution in [0.1, 0.15) is 22.9 Å². The summed E-state index contributed by atoms with van der Waals surface area (Å²) in [6.07, 6.45) is 0. The first-order valence-corrected chi connectivity index (χ1v) is 7.44. The number of hydrogen-bond acceptors (Lipinski definition) is 5. The van der Waals surface area contributed by atoms with Gasteiger partial charge in [0, 0.05) is 12.6 Å². The molecule has 0 aliphatic heterocycles. The molecular formula is C18H19N5. The summed E-state index contributed by atoms with van der Waals surface area (Å²) in [5.74, 6) is 0.572. The Kier molecular flexibility index (Phi) is 4.49. The summed E-state index contributed by atoms with van der Waals surface area (Å²) in [7, 11) is 0. The van der Waals surface area contributed by atoms with E-state index in [1.807, 2.05) is 36.4 Å². The summed E-state index contributed by atoms with van der Waals surface area (Å²) < 4.78 is 0. The Morgan fingerprint density at radius 3 is 1.91 bits per heavy atom. The van der Waals surface area contributed by atoms with Crippen molar-refractivity contribution >= 4 is 11.8 Å². The molecule has 116 valence electrons. The van der Waals surface area contributed by atoms with Gasteiger partial charge in [0.15, 0.2) is 0 Å². The lowest BCUT2D eigenvalue weighted by atomic mass is 9.98. The quantitative estimate of drug-likeness (QED) is 0.674. The molecule has 1 heterocycles. The van der Waals surface area contributed by atoms with E-state index in [9.17, 15) is 0 Å². The Bertz CT molecular complexity index is 699. The van der Waals surface area contributed by atoms with Gasteiger partial charge >= 0.3 is 0 Å². The summed E-state index contributed by atoms with van der Waals surface area (Å²) >= 11 is 0. The van der Waals surface area contributed by atoms with Crippen molar-refractivity contribution in [3.8, 4) is 0 Å². The zero-order valence-corrected chi connectivity index (χ0v) is 12.7. The van der Waals surface area contributed by atoms with Gasteiger partial charge in [-0.15, -0.1) is 0 Å². The lowest BCUT2D eigenvalue weighted by molar-refractivity contribution is 0.597. The highest BCUT2D eigenvalue weighted by molar-refractivity contribution is 5.36. The molecule has 0 unspecified atom stereocenters. The Labute approximate surface area is 135 Å². The number of anilines is 2. The molecule has 0 saturated heterocycles. The molecule has 5 heteroatoms. The third-order valence-electron chi connectivity index (χ3n) is 3.57. The Hall–Kier alpha value is -2.92. The third-order valence-corrected chi connectivity index (χ3v) is 3.57. The second-order valence-corrected chi connectivity index (χ2v) is 5.28. The lowest BCUT2D eigenvalue weighted by Gasteiger charge is -2.20. The van der Waals surface area contributed by atoms with E-state index in [2.05, 4.69) is 39.6 Å². The van der Waals surface area contributed by atoms with Gasteiger partial charge in [-0.3, -0.25) is 0 Å². The molecule has 0 aliphatic rings. The van der Waals surface area contributed by atoms with E-state index in [0.717, 1.165) is 5.69 Å². The summed E-state index contributed by atoms with van der Waals surface area (Å²) in [5, 5.41) is 3.52. The van der Waals surface area contributed by atoms with Crippen molar-refractivity contribution in [3.05, 3.63) is 83.6 Å². The molecule has 2 aromatic carbocycles. The van der Waals surface area contributed by atoms with Gasteiger partial charge < -0.3 is 16.8 Å². The molecule has 0 bridgehead atoms. The smallest absolute Gasteiger partial charge is 0.222 e. The predicted octanol–water partition coefficient (Wildman–Crippen LogP) is 2.52. The van der Waals surface area contributed by atoms with Crippen LogP contribution in [0.2, 0.25) is 0 Å². The highest BCUT2D eigenvalue weighted by atomic mass is 15.0. The number of benzene rings is 2. The van der Waals surface area contributed by atoms with Gasteiger partial charge in [0.2, 0.25) is 5.95 Å². The average molecular weight is 305 g/mol. The Morgan fingerprint density at radius 2 is 1.39 bits per heavy atom. The van der Waals surface area contributed by atoms with Crippen LogP contribution in [0.3, 0.4) is 0 Å². The number of aromatic nitrogens is 2. The highest BCUT2D eigenvalue weighted by Gasteiger charge is 2.13. The standard InChI is InChI=1S/C18H19N5/c19-16-11-15(22-18(20)23-16)12-21-17(13-7-3-1-4-8-13)14-9-5-2-6-10-14/h1-11,17,21H,12H2,(H4,19,20,22,23). The van der Waals surface area contributed by atoms with Gasteiger partial charge in [0.1, 0.15) is 5.82 Å². The molecule has 0 atom stereocenters. The van der Waals surface area contributed by atoms with Crippen LogP contribution in [-0.2, 0) is 6.54 Å². The zero-order chi connectivity index (χ0) is 16.1. The highest BCUT2D eigenvalue weighted by Crippen LogP contribution is 2.22. The van der Waals surface area contributed by atoms with Crippen LogP contribution in [0.4, 0.5) is 11.8 Å². The fourth-order valence-electron chi connectivity index (χ4n) is 2.56. The van der Waals surface area contributed by atoms with E-state index in [1.54, 1.807) is 6.07 Å². The van der Waals surface area contributed by atoms with Crippen molar-refractivity contribution in [2.24, 2.45) is 0 Å². The van der Waals surface area contributed by atoms with Crippen LogP contribution < -0.4 is 16.8 Å². The molecule has 3 rings (SSSR count). The number of hydrogen-bond donors (Lipinski definition) is 3. The Balaban J connectivity index is 1.85. The first-order valence-electron chi connectivity index (χ1n) is 7.44. The number of nitrogen functional groups attached to an aromatic ring is 2. The van der Waals surface area contributed by atoms with Crippen LogP contribution in [0.5, 0.6) is 0 Å². The number of nitrogens with two attached hydrogens (primary N) is 2. The summed E-state index contributed by atoms with van der Waals surface area (Å²) in [4.78, 5) is 8.11. The number of rotatable bonds is 5. The van der Waals surface area contributed by atoms with Gasteiger partial charge in [-0.05, 0) is 11.1 Å². The predicted molar refractivity (Wildman–Crippen MR) is 92.4 cm³/mol. The van der Waals surface area contributed by atoms with E-state index in [1.165, 1.54) is 11.1 Å². The lowest BCUT2D eigenvalue weighted by Crippen LogP contribution is -2.23. The van der Waals surface area contributed by atoms with Gasteiger partial charge in [0.25, 0.3) is 0 Å². The van der Waals surface area contributed by atoms with Crippen LogP contribution in [-0.4, -0.2) is 9.97 Å². The second-order valence-electron chi connectivity index (χ2n) is 5.28. The van der Waals surface area contributed by atoms with Crippen molar-refractivity contribution in [2.75, 3.05) is 11.5 Å². The third kappa shape index (κ3) is 3.84. The topological polar surface area (TPSA) is 89.8 Å². The molecule has 0 radical (unpaired) electrons. The molecule has 5 N–H and O–H groups in total. The minimum Gasteiger partial charge on any atom is -0.384 e. The largest absolute Gasteiger partial charge is 0.384 e. The van der Waals surface area contributed by atoms with E-state index in [-0.39, 0.29) is 12.0 Å². The number of nitrogens with zero attached hydrogens (tertiary/aromatic N) is 2. The second kappa shape index (κ2) is 6.89. The summed E-state index contributed by atoms with van der Waals surface area (Å²) in [5.41, 5.74) is 14.5. The SMILES string of the molecule is Nc1cc(CNC(c2ccccc2)c2ccccc2)nc(N)n1. The van der Waals surface area contributed by atoms with Crippen molar-refractivity contribution < 1.29 is 0 Å². The van der Waals surface area contributed by atoms with E-state index in [4.69, 9.17) is 11.5 Å². The number of nitrogens with one attached hydrogen (secondary N) is 1. The minimum atomic E-state index is 0.0646. The molecular weight excluding hydrogens is 286 g/mol. The van der Waals surface area contributed by atoms with Gasteiger partial charge in [-0.25, -0.2) is 4.98 Å². The van der Waals surface area contributed by atoms with E-state index < -0.39 is 0 Å². The van der Waals surface area contributed by atoms with Crippen LogP contribution in [0.25, 0.3) is 0 Å². The zero-order valence-electron chi connectivity index (χ0n) is 12.7. The maximum absolute atomic E-state index is 5.73. The molecule has 0 fully saturated rings. The molecule has 3 aromatic rings. The van der Waals surface area contributed by atoms with E-state index >= 15 is 0 Å². The minimum absolute atomic E-state index is 0.0646.